The normalized spacial score (nSPS) is 16.9. The number of β-amino-alcohol motifs (C(OH)–C–C–N with tert-alkyl or cyclic N) is 1. The highest BCUT2D eigenvalue weighted by molar-refractivity contribution is 5.68. The van der Waals surface area contributed by atoms with E-state index in [1.807, 2.05) is 6.92 Å². The smallest absolute Gasteiger partial charge is 0.328 e. The first kappa shape index (κ1) is 13.5. The molecule has 0 aromatic heterocycles. The summed E-state index contributed by atoms with van der Waals surface area (Å²) in [6.07, 6.45) is 0.545. The molecule has 1 heterocycles. The average molecular weight is 270 g/mol. The van der Waals surface area contributed by atoms with Crippen molar-refractivity contribution in [3.8, 4) is 5.75 Å². The molecule has 0 unspecified atom stereocenters. The third-order valence-corrected chi connectivity index (χ3v) is 3.40. The number of ether oxygens (including phenoxy) is 1. The largest absolute Gasteiger partial charge is 0.497 e. The first-order chi connectivity index (χ1) is 8.90. The number of halogens is 1. The molecule has 7 heteroatoms. The van der Waals surface area contributed by atoms with Gasteiger partial charge in [-0.1, -0.05) is 6.92 Å². The number of rotatable bonds is 4. The zero-order valence-corrected chi connectivity index (χ0v) is 10.7. The van der Waals surface area contributed by atoms with E-state index in [4.69, 9.17) is 4.74 Å². The summed E-state index contributed by atoms with van der Waals surface area (Å²) in [5.41, 5.74) is -1.30. The summed E-state index contributed by atoms with van der Waals surface area (Å²) in [4.78, 5) is 11.8. The van der Waals surface area contributed by atoms with E-state index < -0.39 is 22.0 Å². The van der Waals surface area contributed by atoms with Crippen LogP contribution in [0.1, 0.15) is 13.3 Å². The van der Waals surface area contributed by atoms with Gasteiger partial charge in [-0.2, -0.15) is 4.39 Å². The topological polar surface area (TPSA) is 75.8 Å². The highest BCUT2D eigenvalue weighted by atomic mass is 19.1. The second-order valence-electron chi connectivity index (χ2n) is 4.67. The van der Waals surface area contributed by atoms with Crippen molar-refractivity contribution >= 4 is 11.4 Å². The van der Waals surface area contributed by atoms with Crippen molar-refractivity contribution in [2.24, 2.45) is 0 Å². The van der Waals surface area contributed by atoms with Crippen LogP contribution in [0.3, 0.4) is 0 Å². The maximum atomic E-state index is 13.7. The van der Waals surface area contributed by atoms with Gasteiger partial charge in [-0.25, -0.2) is 0 Å². The predicted molar refractivity (Wildman–Crippen MR) is 67.1 cm³/mol. The summed E-state index contributed by atoms with van der Waals surface area (Å²) in [6, 6.07) is 2.39. The van der Waals surface area contributed by atoms with Crippen LogP contribution in [0.2, 0.25) is 0 Å². The van der Waals surface area contributed by atoms with E-state index >= 15 is 0 Å². The number of aliphatic hydroxyl groups is 1. The van der Waals surface area contributed by atoms with Crippen LogP contribution in [0.25, 0.3) is 0 Å². The quantitative estimate of drug-likeness (QED) is 0.665. The van der Waals surface area contributed by atoms with Gasteiger partial charge in [-0.3, -0.25) is 10.1 Å². The van der Waals surface area contributed by atoms with Crippen LogP contribution in [-0.4, -0.2) is 35.8 Å². The van der Waals surface area contributed by atoms with Crippen molar-refractivity contribution in [2.75, 3.05) is 25.1 Å². The first-order valence-corrected chi connectivity index (χ1v) is 5.89. The van der Waals surface area contributed by atoms with E-state index in [1.54, 1.807) is 4.90 Å². The van der Waals surface area contributed by atoms with E-state index in [-0.39, 0.29) is 24.5 Å². The molecule has 104 valence electrons. The van der Waals surface area contributed by atoms with Gasteiger partial charge in [0.25, 0.3) is 0 Å². The number of benzene rings is 1. The summed E-state index contributed by atoms with van der Waals surface area (Å²) in [5.74, 6) is -0.726. The average Bonchev–Trinajstić information content (AvgIpc) is 2.33. The fourth-order valence-electron chi connectivity index (χ4n) is 2.16. The molecule has 19 heavy (non-hydrogen) atoms. The summed E-state index contributed by atoms with van der Waals surface area (Å²) < 4.78 is 18.6. The molecule has 0 atom stereocenters. The highest BCUT2D eigenvalue weighted by Crippen LogP contribution is 2.39. The molecular formula is C12H15FN2O4. The van der Waals surface area contributed by atoms with Crippen LogP contribution in [-0.2, 0) is 0 Å². The van der Waals surface area contributed by atoms with Gasteiger partial charge >= 0.3 is 5.69 Å². The van der Waals surface area contributed by atoms with Crippen molar-refractivity contribution in [3.05, 3.63) is 28.1 Å². The monoisotopic (exact) mass is 270 g/mol. The lowest BCUT2D eigenvalue weighted by Gasteiger charge is -2.47. The van der Waals surface area contributed by atoms with Gasteiger partial charge in [0.1, 0.15) is 11.4 Å². The van der Waals surface area contributed by atoms with Gasteiger partial charge in [0.15, 0.2) is 0 Å². The Kier molecular flexibility index (Phi) is 3.32. The number of hydrogen-bond donors (Lipinski definition) is 1. The lowest BCUT2D eigenvalue weighted by atomic mass is 9.90. The molecule has 0 spiro atoms. The Balaban J connectivity index is 2.39. The third-order valence-electron chi connectivity index (χ3n) is 3.40. The van der Waals surface area contributed by atoms with Gasteiger partial charge < -0.3 is 14.7 Å². The SMILES string of the molecule is CCC1(O)CN(c2cc(OC)cc(F)c2[N+](=O)[O-])C1. The van der Waals surface area contributed by atoms with Crippen LogP contribution in [0, 0.1) is 15.9 Å². The molecule has 1 aliphatic heterocycles. The van der Waals surface area contributed by atoms with Crippen molar-refractivity contribution in [1.29, 1.82) is 0 Å². The van der Waals surface area contributed by atoms with E-state index in [1.165, 1.54) is 13.2 Å². The van der Waals surface area contributed by atoms with E-state index in [2.05, 4.69) is 0 Å². The Morgan fingerprint density at radius 1 is 1.58 bits per heavy atom. The summed E-state index contributed by atoms with van der Waals surface area (Å²) in [6.45, 7) is 2.33. The van der Waals surface area contributed by atoms with Gasteiger partial charge in [0.2, 0.25) is 5.82 Å². The minimum atomic E-state index is -0.939. The Morgan fingerprint density at radius 2 is 2.21 bits per heavy atom. The molecule has 2 rings (SSSR count). The van der Waals surface area contributed by atoms with Crippen molar-refractivity contribution in [3.63, 3.8) is 0 Å². The lowest BCUT2D eigenvalue weighted by molar-refractivity contribution is -0.386. The fraction of sp³-hybridized carbons (Fsp3) is 0.500. The molecule has 0 radical (unpaired) electrons. The van der Waals surface area contributed by atoms with Gasteiger partial charge in [0, 0.05) is 25.2 Å². The van der Waals surface area contributed by atoms with Crippen LogP contribution >= 0.6 is 0 Å². The predicted octanol–water partition coefficient (Wildman–Crippen LogP) is 1.70. The number of hydrogen-bond acceptors (Lipinski definition) is 5. The minimum Gasteiger partial charge on any atom is -0.497 e. The van der Waals surface area contributed by atoms with Gasteiger partial charge in [-0.15, -0.1) is 0 Å². The van der Waals surface area contributed by atoms with Crippen molar-refractivity contribution < 1.29 is 19.2 Å². The zero-order valence-electron chi connectivity index (χ0n) is 10.7. The Morgan fingerprint density at radius 3 is 2.68 bits per heavy atom. The molecule has 1 saturated heterocycles. The number of nitrogens with zero attached hydrogens (tertiary/aromatic N) is 2. The molecule has 1 aromatic rings. The van der Waals surface area contributed by atoms with Crippen LogP contribution < -0.4 is 9.64 Å². The molecule has 0 saturated carbocycles. The number of methoxy groups -OCH3 is 1. The Labute approximate surface area is 109 Å². The maximum Gasteiger partial charge on any atom is 0.328 e. The number of nitro groups is 1. The van der Waals surface area contributed by atoms with Crippen LogP contribution in [0.4, 0.5) is 15.8 Å². The van der Waals surface area contributed by atoms with E-state index in [0.717, 1.165) is 6.07 Å². The second-order valence-corrected chi connectivity index (χ2v) is 4.67. The van der Waals surface area contributed by atoms with Crippen molar-refractivity contribution in [1.82, 2.24) is 0 Å². The van der Waals surface area contributed by atoms with E-state index in [0.29, 0.717) is 6.42 Å². The van der Waals surface area contributed by atoms with Crippen LogP contribution in [0.5, 0.6) is 5.75 Å². The van der Waals surface area contributed by atoms with Crippen LogP contribution in [0.15, 0.2) is 12.1 Å². The maximum absolute atomic E-state index is 13.7. The molecule has 1 aliphatic rings. The molecule has 1 fully saturated rings. The van der Waals surface area contributed by atoms with Gasteiger partial charge in [0.05, 0.1) is 17.6 Å². The summed E-state index contributed by atoms with van der Waals surface area (Å²) >= 11 is 0. The molecule has 0 amide bonds. The standard InChI is InChI=1S/C12H15FN2O4/c1-3-12(16)6-14(7-12)10-5-8(19-2)4-9(13)11(10)15(17)18/h4-5,16H,3,6-7H2,1-2H3. The Hall–Kier alpha value is -1.89. The molecule has 0 aliphatic carbocycles. The Bertz CT molecular complexity index is 515. The fourth-order valence-corrected chi connectivity index (χ4v) is 2.16. The highest BCUT2D eigenvalue weighted by Gasteiger charge is 2.42. The summed E-state index contributed by atoms with van der Waals surface area (Å²) in [7, 11) is 1.36. The number of anilines is 1. The molecular weight excluding hydrogens is 255 g/mol. The molecule has 0 bridgehead atoms. The number of nitro benzene ring substituents is 1. The molecule has 6 nitrogen and oxygen atoms in total. The first-order valence-electron chi connectivity index (χ1n) is 5.89. The molecule has 1 aromatic carbocycles. The lowest BCUT2D eigenvalue weighted by Crippen LogP contribution is -2.61. The van der Waals surface area contributed by atoms with Crippen molar-refractivity contribution in [2.45, 2.75) is 18.9 Å². The zero-order chi connectivity index (χ0) is 14.2. The minimum absolute atomic E-state index is 0.139. The molecule has 1 N–H and O–H groups in total. The second kappa shape index (κ2) is 4.65. The summed E-state index contributed by atoms with van der Waals surface area (Å²) in [5, 5.41) is 20.9. The van der Waals surface area contributed by atoms with E-state index in [9.17, 15) is 19.6 Å². The third kappa shape index (κ3) is 2.33. The van der Waals surface area contributed by atoms with Gasteiger partial charge in [-0.05, 0) is 6.42 Å².